The maximum absolute atomic E-state index is 12.8. The van der Waals surface area contributed by atoms with E-state index in [0.717, 1.165) is 6.42 Å². The molecule has 2 atom stereocenters. The predicted molar refractivity (Wildman–Crippen MR) is 89.8 cm³/mol. The van der Waals surface area contributed by atoms with Crippen molar-refractivity contribution in [3.05, 3.63) is 24.0 Å². The monoisotopic (exact) mass is 352 g/mol. The van der Waals surface area contributed by atoms with Gasteiger partial charge >= 0.3 is 0 Å². The van der Waals surface area contributed by atoms with Gasteiger partial charge in [0.1, 0.15) is 0 Å². The lowest BCUT2D eigenvalue weighted by Crippen LogP contribution is -2.36. The van der Waals surface area contributed by atoms with Crippen molar-refractivity contribution in [3.8, 4) is 0 Å². The molecule has 0 aromatic carbocycles. The van der Waals surface area contributed by atoms with Crippen molar-refractivity contribution >= 4 is 15.9 Å². The maximum Gasteiger partial charge on any atom is 0.255 e. The van der Waals surface area contributed by atoms with Crippen LogP contribution in [0.3, 0.4) is 0 Å². The minimum absolute atomic E-state index is 0.0960. The fraction of sp³-hybridized carbons (Fsp3) is 0.688. The zero-order valence-corrected chi connectivity index (χ0v) is 14.9. The predicted octanol–water partition coefficient (Wildman–Crippen LogP) is 0.999. The van der Waals surface area contributed by atoms with E-state index in [9.17, 15) is 13.2 Å². The highest BCUT2D eigenvalue weighted by Crippen LogP contribution is 2.34. The van der Waals surface area contributed by atoms with Crippen molar-refractivity contribution in [1.82, 2.24) is 19.4 Å². The van der Waals surface area contributed by atoms with Crippen LogP contribution in [0.15, 0.2) is 18.5 Å². The molecule has 2 fully saturated rings. The zero-order chi connectivity index (χ0) is 17.3. The van der Waals surface area contributed by atoms with Gasteiger partial charge in [-0.3, -0.25) is 4.79 Å². The topological polar surface area (TPSA) is 83.5 Å². The average Bonchev–Trinajstić information content (AvgIpc) is 2.70. The molecular weight excluding hydrogens is 328 g/mol. The van der Waals surface area contributed by atoms with E-state index in [4.69, 9.17) is 0 Å². The first kappa shape index (κ1) is 17.3. The van der Waals surface area contributed by atoms with E-state index in [1.54, 1.807) is 15.3 Å². The van der Waals surface area contributed by atoms with Crippen molar-refractivity contribution in [2.24, 2.45) is 11.8 Å². The molecule has 2 aliphatic rings. The first-order chi connectivity index (χ1) is 11.4. The number of hydrogen-bond donors (Lipinski definition) is 0. The van der Waals surface area contributed by atoms with Crippen LogP contribution < -0.4 is 0 Å². The third kappa shape index (κ3) is 3.30. The fourth-order valence-electron chi connectivity index (χ4n) is 3.68. The van der Waals surface area contributed by atoms with E-state index >= 15 is 0 Å². The molecular formula is C16H24N4O3S. The third-order valence-electron chi connectivity index (χ3n) is 4.85. The third-order valence-corrected chi connectivity index (χ3v) is 7.25. The minimum atomic E-state index is -3.25. The molecule has 0 spiro atoms. The van der Waals surface area contributed by atoms with Gasteiger partial charge in [0.2, 0.25) is 10.0 Å². The second kappa shape index (κ2) is 6.76. The van der Waals surface area contributed by atoms with Gasteiger partial charge in [-0.15, -0.1) is 0 Å². The number of sulfonamides is 1. The minimum Gasteiger partial charge on any atom is -0.339 e. The number of fused-ring (bicyclic) bond motifs is 1. The van der Waals surface area contributed by atoms with Gasteiger partial charge in [-0.2, -0.15) is 10.2 Å². The van der Waals surface area contributed by atoms with Gasteiger partial charge in [0.05, 0.1) is 23.2 Å². The van der Waals surface area contributed by atoms with Crippen LogP contribution in [-0.2, 0) is 10.0 Å². The molecule has 2 aliphatic heterocycles. The summed E-state index contributed by atoms with van der Waals surface area (Å²) in [5.41, 5.74) is 0.501. The summed E-state index contributed by atoms with van der Waals surface area (Å²) in [6.45, 7) is 6.30. The lowest BCUT2D eigenvalue weighted by atomic mass is 10.0. The Hall–Kier alpha value is -1.54. The number of aromatic nitrogens is 2. The summed E-state index contributed by atoms with van der Waals surface area (Å²) in [4.78, 5) is 14.3. The van der Waals surface area contributed by atoms with Gasteiger partial charge in [-0.05, 0) is 30.7 Å². The smallest absolute Gasteiger partial charge is 0.255 e. The molecule has 1 aromatic heterocycles. The highest BCUT2D eigenvalue weighted by Gasteiger charge is 2.47. The van der Waals surface area contributed by atoms with Crippen molar-refractivity contribution in [2.75, 3.05) is 26.2 Å². The number of nitrogens with zero attached hydrogens (tertiary/aromatic N) is 4. The number of likely N-dealkylation sites (tertiary alicyclic amines) is 1. The Kier molecular flexibility index (Phi) is 4.87. The quantitative estimate of drug-likeness (QED) is 0.810. The van der Waals surface area contributed by atoms with E-state index < -0.39 is 10.0 Å². The summed E-state index contributed by atoms with van der Waals surface area (Å²) in [6, 6.07) is 1.64. The average molecular weight is 352 g/mol. The van der Waals surface area contributed by atoms with Crippen LogP contribution in [0.25, 0.3) is 0 Å². The second-order valence-corrected chi connectivity index (χ2v) is 9.21. The Balaban J connectivity index is 1.71. The molecule has 132 valence electrons. The number of amides is 1. The summed E-state index contributed by atoms with van der Waals surface area (Å²) in [5.74, 6) is 0.336. The Morgan fingerprint density at radius 2 is 2.04 bits per heavy atom. The van der Waals surface area contributed by atoms with E-state index in [1.807, 2.05) is 13.8 Å². The molecule has 1 amide bonds. The van der Waals surface area contributed by atoms with Crippen molar-refractivity contribution in [1.29, 1.82) is 0 Å². The molecule has 3 rings (SSSR count). The van der Waals surface area contributed by atoms with E-state index in [0.29, 0.717) is 44.1 Å². The Morgan fingerprint density at radius 1 is 1.29 bits per heavy atom. The highest BCUT2D eigenvalue weighted by atomic mass is 32.2. The van der Waals surface area contributed by atoms with Gasteiger partial charge in [0, 0.05) is 26.2 Å². The first-order valence-corrected chi connectivity index (χ1v) is 9.95. The van der Waals surface area contributed by atoms with Crippen LogP contribution in [0.5, 0.6) is 0 Å². The van der Waals surface area contributed by atoms with Crippen LogP contribution >= 0.6 is 0 Å². The number of hydrogen-bond acceptors (Lipinski definition) is 5. The molecule has 2 saturated heterocycles. The van der Waals surface area contributed by atoms with Crippen molar-refractivity contribution in [3.63, 3.8) is 0 Å². The van der Waals surface area contributed by atoms with Crippen LogP contribution in [0, 0.1) is 11.8 Å². The number of carbonyl (C=O) groups excluding carboxylic acids is 1. The van der Waals surface area contributed by atoms with Crippen molar-refractivity contribution in [2.45, 2.75) is 31.9 Å². The van der Waals surface area contributed by atoms with Crippen LogP contribution in [0.1, 0.15) is 37.0 Å². The van der Waals surface area contributed by atoms with Crippen LogP contribution in [-0.4, -0.2) is 65.2 Å². The molecule has 1 aromatic rings. The Bertz CT molecular complexity index is 693. The summed E-state index contributed by atoms with van der Waals surface area (Å²) >= 11 is 0. The molecule has 0 aliphatic carbocycles. The Morgan fingerprint density at radius 3 is 2.71 bits per heavy atom. The van der Waals surface area contributed by atoms with Gasteiger partial charge < -0.3 is 4.90 Å². The second-order valence-electron chi connectivity index (χ2n) is 7.05. The SMILES string of the molecule is CC(C)CN1C[C@@H]2CCN(C(=O)c3ccnnc3)CC[C@@H]2S1(=O)=O. The fourth-order valence-corrected chi connectivity index (χ4v) is 6.08. The molecule has 7 nitrogen and oxygen atoms in total. The lowest BCUT2D eigenvalue weighted by molar-refractivity contribution is 0.0758. The first-order valence-electron chi connectivity index (χ1n) is 8.44. The molecule has 0 N–H and O–H groups in total. The van der Waals surface area contributed by atoms with E-state index in [2.05, 4.69) is 10.2 Å². The van der Waals surface area contributed by atoms with Gasteiger partial charge in [-0.25, -0.2) is 12.7 Å². The molecule has 0 radical (unpaired) electrons. The Labute approximate surface area is 143 Å². The standard InChI is InChI=1S/C16H24N4O3S/c1-12(2)10-20-11-14-4-7-19(8-5-15(14)24(20,22)23)16(21)13-3-6-17-18-9-13/h3,6,9,12,14-15H,4-5,7-8,10-11H2,1-2H3/t14-,15-/m0/s1. The molecule has 0 unspecified atom stereocenters. The van der Waals surface area contributed by atoms with E-state index in [-0.39, 0.29) is 17.1 Å². The largest absolute Gasteiger partial charge is 0.339 e. The van der Waals surface area contributed by atoms with Gasteiger partial charge in [0.25, 0.3) is 5.91 Å². The van der Waals surface area contributed by atoms with Gasteiger partial charge in [0.15, 0.2) is 0 Å². The molecule has 3 heterocycles. The number of rotatable bonds is 3. The van der Waals surface area contributed by atoms with Gasteiger partial charge in [-0.1, -0.05) is 13.8 Å². The summed E-state index contributed by atoms with van der Waals surface area (Å²) in [5, 5.41) is 7.07. The zero-order valence-electron chi connectivity index (χ0n) is 14.1. The molecule has 8 heteroatoms. The normalized spacial score (nSPS) is 27.0. The maximum atomic E-state index is 12.8. The van der Waals surface area contributed by atoms with Crippen molar-refractivity contribution < 1.29 is 13.2 Å². The van der Waals surface area contributed by atoms with Crippen LogP contribution in [0.4, 0.5) is 0 Å². The lowest BCUT2D eigenvalue weighted by Gasteiger charge is -2.22. The molecule has 0 saturated carbocycles. The highest BCUT2D eigenvalue weighted by molar-refractivity contribution is 7.90. The van der Waals surface area contributed by atoms with Crippen LogP contribution in [0.2, 0.25) is 0 Å². The van der Waals surface area contributed by atoms with E-state index in [1.165, 1.54) is 12.4 Å². The summed E-state index contributed by atoms with van der Waals surface area (Å²) < 4.78 is 27.2. The summed E-state index contributed by atoms with van der Waals surface area (Å²) in [7, 11) is -3.25. The molecule has 24 heavy (non-hydrogen) atoms. The molecule has 0 bridgehead atoms. The number of carbonyl (C=O) groups is 1. The summed E-state index contributed by atoms with van der Waals surface area (Å²) in [6.07, 6.45) is 4.18.